The van der Waals surface area contributed by atoms with Crippen molar-refractivity contribution in [3.8, 4) is 0 Å². The van der Waals surface area contributed by atoms with Crippen LogP contribution in [-0.2, 0) is 19.4 Å². The Kier molecular flexibility index (Phi) is 2.29. The van der Waals surface area contributed by atoms with E-state index < -0.39 is 0 Å². The molecule has 4 heteroatoms. The third-order valence-corrected chi connectivity index (χ3v) is 3.13. The zero-order valence-corrected chi connectivity index (χ0v) is 9.10. The molecule has 2 N–H and O–H groups in total. The molecule has 1 aliphatic heterocycles. The Labute approximate surface area is 94.1 Å². The first kappa shape index (κ1) is 9.66. The second kappa shape index (κ2) is 3.79. The largest absolute Gasteiger partial charge is 0.469 e. The minimum atomic E-state index is 0.292. The summed E-state index contributed by atoms with van der Waals surface area (Å²) in [6.07, 6.45) is 6.38. The Hall–Kier alpha value is -1.55. The van der Waals surface area contributed by atoms with Crippen molar-refractivity contribution in [2.24, 2.45) is 5.73 Å². The molecule has 0 saturated heterocycles. The summed E-state index contributed by atoms with van der Waals surface area (Å²) in [5.74, 6) is 2.04. The van der Waals surface area contributed by atoms with Crippen LogP contribution >= 0.6 is 0 Å². The van der Waals surface area contributed by atoms with Crippen LogP contribution in [-0.4, -0.2) is 15.6 Å². The fourth-order valence-corrected chi connectivity index (χ4v) is 2.27. The van der Waals surface area contributed by atoms with Gasteiger partial charge in [0, 0.05) is 30.9 Å². The van der Waals surface area contributed by atoms with Gasteiger partial charge in [-0.15, -0.1) is 0 Å². The van der Waals surface area contributed by atoms with Crippen LogP contribution in [0.1, 0.15) is 23.7 Å². The maximum Gasteiger partial charge on any atom is 0.116 e. The SMILES string of the molecule is NC1CCn2c(cnc2Cc2ccco2)C1. The molecule has 1 aliphatic rings. The van der Waals surface area contributed by atoms with Crippen molar-refractivity contribution in [1.82, 2.24) is 9.55 Å². The molecule has 0 aromatic carbocycles. The van der Waals surface area contributed by atoms with Crippen molar-refractivity contribution >= 4 is 0 Å². The van der Waals surface area contributed by atoms with Crippen LogP contribution in [0.5, 0.6) is 0 Å². The van der Waals surface area contributed by atoms with Crippen LogP contribution in [0.2, 0.25) is 0 Å². The van der Waals surface area contributed by atoms with E-state index in [1.165, 1.54) is 5.69 Å². The van der Waals surface area contributed by atoms with Crippen LogP contribution in [0, 0.1) is 0 Å². The zero-order chi connectivity index (χ0) is 11.0. The van der Waals surface area contributed by atoms with Gasteiger partial charge in [-0.25, -0.2) is 4.98 Å². The maximum atomic E-state index is 5.94. The molecule has 0 bridgehead atoms. The Morgan fingerprint density at radius 3 is 3.31 bits per heavy atom. The number of nitrogens with zero attached hydrogens (tertiary/aromatic N) is 2. The molecule has 3 heterocycles. The van der Waals surface area contributed by atoms with E-state index in [1.807, 2.05) is 18.3 Å². The van der Waals surface area contributed by atoms with E-state index in [0.29, 0.717) is 6.04 Å². The second-order valence-corrected chi connectivity index (χ2v) is 4.33. The van der Waals surface area contributed by atoms with Gasteiger partial charge < -0.3 is 14.7 Å². The molecule has 3 rings (SSSR count). The number of aromatic nitrogens is 2. The Morgan fingerprint density at radius 1 is 1.56 bits per heavy atom. The Bertz CT molecular complexity index is 472. The van der Waals surface area contributed by atoms with Gasteiger partial charge in [0.1, 0.15) is 11.6 Å². The Balaban J connectivity index is 1.86. The van der Waals surface area contributed by atoms with Gasteiger partial charge in [0.2, 0.25) is 0 Å². The van der Waals surface area contributed by atoms with E-state index in [4.69, 9.17) is 10.2 Å². The second-order valence-electron chi connectivity index (χ2n) is 4.33. The van der Waals surface area contributed by atoms with E-state index in [0.717, 1.165) is 37.4 Å². The lowest BCUT2D eigenvalue weighted by Gasteiger charge is -2.21. The predicted molar refractivity (Wildman–Crippen MR) is 60.0 cm³/mol. The normalized spacial score (nSPS) is 19.7. The highest BCUT2D eigenvalue weighted by Crippen LogP contribution is 2.18. The Morgan fingerprint density at radius 2 is 2.50 bits per heavy atom. The lowest BCUT2D eigenvalue weighted by molar-refractivity contribution is 0.454. The molecule has 0 fully saturated rings. The molecular weight excluding hydrogens is 202 g/mol. The van der Waals surface area contributed by atoms with Gasteiger partial charge >= 0.3 is 0 Å². The summed E-state index contributed by atoms with van der Waals surface area (Å²) in [4.78, 5) is 4.45. The highest BCUT2D eigenvalue weighted by molar-refractivity contribution is 5.14. The van der Waals surface area contributed by atoms with Crippen molar-refractivity contribution in [3.63, 3.8) is 0 Å². The van der Waals surface area contributed by atoms with Crippen molar-refractivity contribution in [2.75, 3.05) is 0 Å². The molecular formula is C12H15N3O. The third-order valence-electron chi connectivity index (χ3n) is 3.13. The van der Waals surface area contributed by atoms with Crippen molar-refractivity contribution < 1.29 is 4.42 Å². The van der Waals surface area contributed by atoms with Crippen LogP contribution in [0.15, 0.2) is 29.0 Å². The fourth-order valence-electron chi connectivity index (χ4n) is 2.27. The van der Waals surface area contributed by atoms with Crippen molar-refractivity contribution in [1.29, 1.82) is 0 Å². The molecule has 84 valence electrons. The zero-order valence-electron chi connectivity index (χ0n) is 9.10. The number of hydrogen-bond acceptors (Lipinski definition) is 3. The number of furan rings is 1. The first-order chi connectivity index (χ1) is 7.83. The van der Waals surface area contributed by atoms with Crippen LogP contribution in [0.4, 0.5) is 0 Å². The number of hydrogen-bond donors (Lipinski definition) is 1. The maximum absolute atomic E-state index is 5.94. The molecule has 0 aliphatic carbocycles. The lowest BCUT2D eigenvalue weighted by atomic mass is 10.1. The molecule has 0 radical (unpaired) electrons. The molecule has 1 atom stereocenters. The van der Waals surface area contributed by atoms with Gasteiger partial charge in [-0.05, 0) is 18.6 Å². The first-order valence-electron chi connectivity index (χ1n) is 5.64. The van der Waals surface area contributed by atoms with E-state index in [-0.39, 0.29) is 0 Å². The van der Waals surface area contributed by atoms with E-state index in [2.05, 4.69) is 9.55 Å². The average molecular weight is 217 g/mol. The van der Waals surface area contributed by atoms with Gasteiger partial charge in [-0.1, -0.05) is 0 Å². The number of rotatable bonds is 2. The quantitative estimate of drug-likeness (QED) is 0.825. The first-order valence-corrected chi connectivity index (χ1v) is 5.64. The minimum absolute atomic E-state index is 0.292. The van der Waals surface area contributed by atoms with Gasteiger partial charge in [0.25, 0.3) is 0 Å². The molecule has 2 aromatic rings. The molecule has 1 unspecified atom stereocenters. The number of imidazole rings is 1. The molecule has 4 nitrogen and oxygen atoms in total. The molecule has 0 spiro atoms. The van der Waals surface area contributed by atoms with Crippen LogP contribution < -0.4 is 5.73 Å². The number of fused-ring (bicyclic) bond motifs is 1. The average Bonchev–Trinajstić information content (AvgIpc) is 2.89. The smallest absolute Gasteiger partial charge is 0.116 e. The number of nitrogens with two attached hydrogens (primary N) is 1. The summed E-state index contributed by atoms with van der Waals surface area (Å²) in [5, 5.41) is 0. The summed E-state index contributed by atoms with van der Waals surface area (Å²) in [6.45, 7) is 0.979. The standard InChI is InChI=1S/C12H15N3O/c13-9-3-4-15-10(6-9)8-14-12(15)7-11-2-1-5-16-11/h1-2,5,8-9H,3-4,6-7,13H2. The topological polar surface area (TPSA) is 57.0 Å². The van der Waals surface area contributed by atoms with Crippen LogP contribution in [0.25, 0.3) is 0 Å². The van der Waals surface area contributed by atoms with E-state index in [1.54, 1.807) is 6.26 Å². The van der Waals surface area contributed by atoms with E-state index >= 15 is 0 Å². The minimum Gasteiger partial charge on any atom is -0.469 e. The van der Waals surface area contributed by atoms with Crippen molar-refractivity contribution in [2.45, 2.75) is 31.8 Å². The lowest BCUT2D eigenvalue weighted by Crippen LogP contribution is -2.31. The molecule has 0 amide bonds. The summed E-state index contributed by atoms with van der Waals surface area (Å²) in [6, 6.07) is 4.18. The summed E-state index contributed by atoms with van der Waals surface area (Å²) in [7, 11) is 0. The van der Waals surface area contributed by atoms with Gasteiger partial charge in [0.15, 0.2) is 0 Å². The summed E-state index contributed by atoms with van der Waals surface area (Å²) >= 11 is 0. The monoisotopic (exact) mass is 217 g/mol. The fraction of sp³-hybridized carbons (Fsp3) is 0.417. The predicted octanol–water partition coefficient (Wildman–Crippen LogP) is 1.34. The van der Waals surface area contributed by atoms with Crippen molar-refractivity contribution in [3.05, 3.63) is 41.9 Å². The van der Waals surface area contributed by atoms with Gasteiger partial charge in [-0.3, -0.25) is 0 Å². The molecule has 0 saturated carbocycles. The highest BCUT2D eigenvalue weighted by Gasteiger charge is 2.19. The molecule has 16 heavy (non-hydrogen) atoms. The molecule has 2 aromatic heterocycles. The highest BCUT2D eigenvalue weighted by atomic mass is 16.3. The summed E-state index contributed by atoms with van der Waals surface area (Å²) in [5.41, 5.74) is 7.19. The van der Waals surface area contributed by atoms with Gasteiger partial charge in [0.05, 0.1) is 12.7 Å². The third kappa shape index (κ3) is 1.65. The van der Waals surface area contributed by atoms with E-state index in [9.17, 15) is 0 Å². The van der Waals surface area contributed by atoms with Gasteiger partial charge in [-0.2, -0.15) is 0 Å². The summed E-state index contributed by atoms with van der Waals surface area (Å²) < 4.78 is 7.61. The van der Waals surface area contributed by atoms with Crippen LogP contribution in [0.3, 0.4) is 0 Å².